The smallest absolute Gasteiger partial charge is 0.227 e. The van der Waals surface area contributed by atoms with Crippen LogP contribution in [0.1, 0.15) is 11.3 Å². The molecule has 2 aromatic carbocycles. The highest BCUT2D eigenvalue weighted by Crippen LogP contribution is 2.29. The van der Waals surface area contributed by atoms with Gasteiger partial charge in [0.25, 0.3) is 0 Å². The van der Waals surface area contributed by atoms with Crippen molar-refractivity contribution in [2.75, 3.05) is 48.4 Å². The maximum atomic E-state index is 5.48. The molecule has 4 rings (SSSR count). The molecule has 0 spiro atoms. The van der Waals surface area contributed by atoms with Crippen LogP contribution in [0, 0.1) is 13.8 Å². The van der Waals surface area contributed by atoms with E-state index in [-0.39, 0.29) is 0 Å². The van der Waals surface area contributed by atoms with Gasteiger partial charge in [0.2, 0.25) is 5.95 Å². The van der Waals surface area contributed by atoms with Crippen LogP contribution in [0.25, 0.3) is 0 Å². The van der Waals surface area contributed by atoms with Crippen molar-refractivity contribution in [1.29, 1.82) is 0 Å². The number of methoxy groups -OCH3 is 1. The minimum Gasteiger partial charge on any atom is -0.495 e. The van der Waals surface area contributed by atoms with Crippen LogP contribution in [0.3, 0.4) is 0 Å². The van der Waals surface area contributed by atoms with Crippen LogP contribution in [0.15, 0.2) is 54.6 Å². The molecule has 6 nitrogen and oxygen atoms in total. The number of aryl methyl sites for hydroxylation is 2. The number of para-hydroxylation sites is 1. The summed E-state index contributed by atoms with van der Waals surface area (Å²) in [6.07, 6.45) is 0. The molecule has 0 aliphatic carbocycles. The van der Waals surface area contributed by atoms with Gasteiger partial charge >= 0.3 is 0 Å². The van der Waals surface area contributed by atoms with Crippen LogP contribution < -0.4 is 19.9 Å². The van der Waals surface area contributed by atoms with Gasteiger partial charge in [-0.2, -0.15) is 4.98 Å². The second kappa shape index (κ2) is 8.39. The molecule has 6 heteroatoms. The van der Waals surface area contributed by atoms with Crippen molar-refractivity contribution in [3.63, 3.8) is 0 Å². The normalized spacial score (nSPS) is 14.0. The van der Waals surface area contributed by atoms with Crippen molar-refractivity contribution < 1.29 is 4.74 Å². The van der Waals surface area contributed by atoms with Crippen molar-refractivity contribution in [2.24, 2.45) is 0 Å². The first-order chi connectivity index (χ1) is 14.1. The number of anilines is 4. The fourth-order valence-electron chi connectivity index (χ4n) is 3.62. The fourth-order valence-corrected chi connectivity index (χ4v) is 3.62. The number of piperazine rings is 1. The SMILES string of the molecule is COc1ccc(C)cc1Nc1cc(C)nc(N2CCN(c3ccccc3)CC2)n1. The molecule has 0 radical (unpaired) electrons. The molecule has 1 N–H and O–H groups in total. The summed E-state index contributed by atoms with van der Waals surface area (Å²) < 4.78 is 5.48. The Labute approximate surface area is 172 Å². The molecule has 0 atom stereocenters. The number of aromatic nitrogens is 2. The molecule has 2 heterocycles. The molecular formula is C23H27N5O. The zero-order chi connectivity index (χ0) is 20.2. The Bertz CT molecular complexity index is 968. The molecule has 0 bridgehead atoms. The first-order valence-corrected chi connectivity index (χ1v) is 9.94. The zero-order valence-electron chi connectivity index (χ0n) is 17.2. The number of benzene rings is 2. The Balaban J connectivity index is 1.50. The van der Waals surface area contributed by atoms with E-state index in [9.17, 15) is 0 Å². The molecular weight excluding hydrogens is 362 g/mol. The maximum absolute atomic E-state index is 5.48. The lowest BCUT2D eigenvalue weighted by molar-refractivity contribution is 0.416. The highest BCUT2D eigenvalue weighted by atomic mass is 16.5. The van der Waals surface area contributed by atoms with Crippen LogP contribution >= 0.6 is 0 Å². The van der Waals surface area contributed by atoms with Gasteiger partial charge in [0, 0.05) is 43.6 Å². The van der Waals surface area contributed by atoms with E-state index in [0.29, 0.717) is 0 Å². The molecule has 1 aliphatic rings. The second-order valence-electron chi connectivity index (χ2n) is 7.33. The Morgan fingerprint density at radius 1 is 0.862 bits per heavy atom. The number of hydrogen-bond donors (Lipinski definition) is 1. The lowest BCUT2D eigenvalue weighted by Crippen LogP contribution is -2.47. The molecule has 0 saturated carbocycles. The van der Waals surface area contributed by atoms with Crippen molar-refractivity contribution >= 4 is 23.1 Å². The number of nitrogens with one attached hydrogen (secondary N) is 1. The summed E-state index contributed by atoms with van der Waals surface area (Å²) in [4.78, 5) is 14.1. The third kappa shape index (κ3) is 4.42. The van der Waals surface area contributed by atoms with Crippen LogP contribution in [0.4, 0.5) is 23.1 Å². The molecule has 150 valence electrons. The van der Waals surface area contributed by atoms with E-state index in [1.165, 1.54) is 5.69 Å². The van der Waals surface area contributed by atoms with Gasteiger partial charge in [-0.15, -0.1) is 0 Å². The summed E-state index contributed by atoms with van der Waals surface area (Å²) in [6, 6.07) is 18.6. The summed E-state index contributed by atoms with van der Waals surface area (Å²) in [6.45, 7) is 7.76. The van der Waals surface area contributed by atoms with Gasteiger partial charge in [-0.25, -0.2) is 4.98 Å². The Kier molecular flexibility index (Phi) is 5.51. The molecule has 0 unspecified atom stereocenters. The summed E-state index contributed by atoms with van der Waals surface area (Å²) in [5.41, 5.74) is 4.28. The van der Waals surface area contributed by atoms with E-state index < -0.39 is 0 Å². The molecule has 1 fully saturated rings. The van der Waals surface area contributed by atoms with E-state index in [0.717, 1.165) is 60.6 Å². The molecule has 1 aliphatic heterocycles. The van der Waals surface area contributed by atoms with Gasteiger partial charge in [-0.3, -0.25) is 0 Å². The van der Waals surface area contributed by atoms with E-state index in [1.54, 1.807) is 7.11 Å². The predicted molar refractivity (Wildman–Crippen MR) is 119 cm³/mol. The van der Waals surface area contributed by atoms with Crippen molar-refractivity contribution in [2.45, 2.75) is 13.8 Å². The van der Waals surface area contributed by atoms with E-state index >= 15 is 0 Å². The van der Waals surface area contributed by atoms with E-state index in [1.807, 2.05) is 25.1 Å². The summed E-state index contributed by atoms with van der Waals surface area (Å²) in [7, 11) is 1.68. The van der Waals surface area contributed by atoms with Gasteiger partial charge in [-0.05, 0) is 43.7 Å². The second-order valence-corrected chi connectivity index (χ2v) is 7.33. The first kappa shape index (κ1) is 19.1. The third-order valence-electron chi connectivity index (χ3n) is 5.14. The maximum Gasteiger partial charge on any atom is 0.227 e. The largest absolute Gasteiger partial charge is 0.495 e. The molecule has 3 aromatic rings. The number of ether oxygens (including phenoxy) is 1. The highest BCUT2D eigenvalue weighted by Gasteiger charge is 2.20. The van der Waals surface area contributed by atoms with E-state index in [2.05, 4.69) is 63.4 Å². The monoisotopic (exact) mass is 389 g/mol. The summed E-state index contributed by atoms with van der Waals surface area (Å²) in [5, 5.41) is 3.41. The number of rotatable bonds is 5. The summed E-state index contributed by atoms with van der Waals surface area (Å²) >= 11 is 0. The Morgan fingerprint density at radius 2 is 1.59 bits per heavy atom. The standard InChI is InChI=1S/C23H27N5O/c1-17-9-10-21(29-3)20(15-17)25-22-16-18(2)24-23(26-22)28-13-11-27(12-14-28)19-7-5-4-6-8-19/h4-10,15-16H,11-14H2,1-3H3,(H,24,25,26). The van der Waals surface area contributed by atoms with Gasteiger partial charge in [0.05, 0.1) is 12.8 Å². The van der Waals surface area contributed by atoms with Gasteiger partial charge < -0.3 is 19.9 Å². The lowest BCUT2D eigenvalue weighted by atomic mass is 10.2. The zero-order valence-corrected chi connectivity index (χ0v) is 17.2. The highest BCUT2D eigenvalue weighted by molar-refractivity contribution is 5.66. The summed E-state index contributed by atoms with van der Waals surface area (Å²) in [5.74, 6) is 2.35. The lowest BCUT2D eigenvalue weighted by Gasteiger charge is -2.36. The van der Waals surface area contributed by atoms with Crippen LogP contribution in [-0.2, 0) is 0 Å². The fraction of sp³-hybridized carbons (Fsp3) is 0.304. The van der Waals surface area contributed by atoms with Gasteiger partial charge in [0.15, 0.2) is 0 Å². The van der Waals surface area contributed by atoms with Crippen LogP contribution in [0.2, 0.25) is 0 Å². The average Bonchev–Trinajstić information content (AvgIpc) is 2.74. The molecule has 1 aromatic heterocycles. The number of nitrogens with zero attached hydrogens (tertiary/aromatic N) is 4. The van der Waals surface area contributed by atoms with Crippen LogP contribution in [-0.4, -0.2) is 43.3 Å². The van der Waals surface area contributed by atoms with Gasteiger partial charge in [0.1, 0.15) is 11.6 Å². The first-order valence-electron chi connectivity index (χ1n) is 9.94. The third-order valence-corrected chi connectivity index (χ3v) is 5.14. The molecule has 29 heavy (non-hydrogen) atoms. The minimum atomic E-state index is 0.770. The predicted octanol–water partition coefficient (Wildman–Crippen LogP) is 4.17. The van der Waals surface area contributed by atoms with E-state index in [4.69, 9.17) is 9.72 Å². The molecule has 0 amide bonds. The average molecular weight is 390 g/mol. The topological polar surface area (TPSA) is 53.5 Å². The minimum absolute atomic E-state index is 0.770. The number of hydrogen-bond acceptors (Lipinski definition) is 6. The molecule has 1 saturated heterocycles. The van der Waals surface area contributed by atoms with Crippen molar-refractivity contribution in [3.8, 4) is 5.75 Å². The quantitative estimate of drug-likeness (QED) is 0.707. The van der Waals surface area contributed by atoms with Crippen molar-refractivity contribution in [3.05, 3.63) is 65.9 Å². The van der Waals surface area contributed by atoms with Crippen LogP contribution in [0.5, 0.6) is 5.75 Å². The Hall–Kier alpha value is -3.28. The van der Waals surface area contributed by atoms with Crippen molar-refractivity contribution in [1.82, 2.24) is 9.97 Å². The van der Waals surface area contributed by atoms with Gasteiger partial charge in [-0.1, -0.05) is 24.3 Å². The Morgan fingerprint density at radius 3 is 2.31 bits per heavy atom.